The van der Waals surface area contributed by atoms with Gasteiger partial charge in [-0.1, -0.05) is 30.3 Å². The zero-order valence-corrected chi connectivity index (χ0v) is 18.5. The molecule has 1 atom stereocenters. The third-order valence-electron chi connectivity index (χ3n) is 5.89. The highest BCUT2D eigenvalue weighted by Gasteiger charge is 2.43. The Morgan fingerprint density at radius 1 is 1.16 bits per heavy atom. The molecular formula is C25H27N3O2S. The fourth-order valence-corrected chi connectivity index (χ4v) is 5.09. The van der Waals surface area contributed by atoms with Crippen molar-refractivity contribution in [3.05, 3.63) is 77.4 Å². The molecule has 0 aliphatic carbocycles. The Bertz CT molecular complexity index is 1020. The van der Waals surface area contributed by atoms with Crippen LogP contribution in [0.1, 0.15) is 35.7 Å². The van der Waals surface area contributed by atoms with Gasteiger partial charge in [-0.05, 0) is 60.9 Å². The van der Waals surface area contributed by atoms with Gasteiger partial charge in [0.15, 0.2) is 0 Å². The number of hydrogen-bond donors (Lipinski definition) is 1. The van der Waals surface area contributed by atoms with E-state index in [0.717, 1.165) is 18.4 Å². The molecule has 4 rings (SSSR count). The van der Waals surface area contributed by atoms with E-state index >= 15 is 0 Å². The Morgan fingerprint density at radius 3 is 2.68 bits per heavy atom. The van der Waals surface area contributed by atoms with E-state index in [4.69, 9.17) is 0 Å². The number of hydrogen-bond acceptors (Lipinski definition) is 4. The predicted octanol–water partition coefficient (Wildman–Crippen LogP) is 4.41. The van der Waals surface area contributed by atoms with Gasteiger partial charge >= 0.3 is 0 Å². The van der Waals surface area contributed by atoms with Crippen molar-refractivity contribution in [2.45, 2.75) is 26.2 Å². The molecule has 1 saturated heterocycles. The maximum absolute atomic E-state index is 13.2. The number of amides is 2. The van der Waals surface area contributed by atoms with E-state index in [2.05, 4.69) is 46.0 Å². The highest BCUT2D eigenvalue weighted by molar-refractivity contribution is 7.13. The Labute approximate surface area is 187 Å². The normalized spacial score (nSPS) is 18.5. The molecule has 0 saturated carbocycles. The third-order valence-corrected chi connectivity index (χ3v) is 6.81. The summed E-state index contributed by atoms with van der Waals surface area (Å²) in [6, 6.07) is 16.2. The van der Waals surface area contributed by atoms with Gasteiger partial charge in [-0.3, -0.25) is 14.6 Å². The van der Waals surface area contributed by atoms with Crippen LogP contribution in [-0.2, 0) is 11.2 Å². The summed E-state index contributed by atoms with van der Waals surface area (Å²) in [4.78, 5) is 33.4. The van der Waals surface area contributed by atoms with Crippen LogP contribution in [0.3, 0.4) is 0 Å². The number of piperidine rings is 1. The summed E-state index contributed by atoms with van der Waals surface area (Å²) in [5, 5.41) is 5.09. The number of nitrogens with zero attached hydrogens (tertiary/aromatic N) is 2. The molecule has 3 aromatic rings. The summed E-state index contributed by atoms with van der Waals surface area (Å²) in [6.45, 7) is 3.59. The molecule has 3 heterocycles. The van der Waals surface area contributed by atoms with E-state index in [1.165, 1.54) is 10.4 Å². The fraction of sp³-hybridized carbons (Fsp3) is 0.320. The van der Waals surface area contributed by atoms with Crippen LogP contribution in [0.15, 0.2) is 66.3 Å². The molecule has 0 spiro atoms. The van der Waals surface area contributed by atoms with Gasteiger partial charge in [-0.2, -0.15) is 0 Å². The van der Waals surface area contributed by atoms with Gasteiger partial charge in [0, 0.05) is 36.9 Å². The second-order valence-electron chi connectivity index (χ2n) is 8.06. The summed E-state index contributed by atoms with van der Waals surface area (Å²) in [5.74, 6) is -0.0319. The van der Waals surface area contributed by atoms with Gasteiger partial charge in [-0.25, -0.2) is 0 Å². The van der Waals surface area contributed by atoms with Crippen LogP contribution < -0.4 is 5.32 Å². The van der Waals surface area contributed by atoms with Crippen LogP contribution in [0.2, 0.25) is 0 Å². The summed E-state index contributed by atoms with van der Waals surface area (Å²) >= 11 is 1.72. The topological polar surface area (TPSA) is 62.3 Å². The van der Waals surface area contributed by atoms with E-state index in [9.17, 15) is 9.59 Å². The lowest BCUT2D eigenvalue weighted by Gasteiger charge is -2.42. The highest BCUT2D eigenvalue weighted by atomic mass is 32.1. The molecule has 1 aromatic carbocycles. The molecule has 160 valence electrons. The van der Waals surface area contributed by atoms with Crippen molar-refractivity contribution in [1.29, 1.82) is 0 Å². The van der Waals surface area contributed by atoms with Crippen LogP contribution in [0.4, 0.5) is 0 Å². The van der Waals surface area contributed by atoms with E-state index < -0.39 is 5.41 Å². The van der Waals surface area contributed by atoms with Gasteiger partial charge in [-0.15, -0.1) is 11.3 Å². The monoisotopic (exact) mass is 433 g/mol. The minimum absolute atomic E-state index is 0.0287. The smallest absolute Gasteiger partial charge is 0.255 e. The van der Waals surface area contributed by atoms with Crippen molar-refractivity contribution in [3.63, 3.8) is 0 Å². The zero-order valence-electron chi connectivity index (χ0n) is 17.7. The average molecular weight is 434 g/mol. The van der Waals surface area contributed by atoms with Crippen LogP contribution in [0, 0.1) is 5.41 Å². The molecular weight excluding hydrogens is 406 g/mol. The quantitative estimate of drug-likeness (QED) is 0.626. The fourth-order valence-electron chi connectivity index (χ4n) is 4.36. The minimum Gasteiger partial charge on any atom is -0.356 e. The van der Waals surface area contributed by atoms with Gasteiger partial charge in [0.05, 0.1) is 11.0 Å². The largest absolute Gasteiger partial charge is 0.356 e. The maximum atomic E-state index is 13.2. The second kappa shape index (κ2) is 9.43. The Morgan fingerprint density at radius 2 is 2.00 bits per heavy atom. The summed E-state index contributed by atoms with van der Waals surface area (Å²) in [7, 11) is 0. The van der Waals surface area contributed by atoms with Crippen molar-refractivity contribution >= 4 is 23.2 Å². The number of benzene rings is 1. The zero-order chi connectivity index (χ0) is 21.7. The van der Waals surface area contributed by atoms with E-state index in [0.29, 0.717) is 31.6 Å². The first-order valence-corrected chi connectivity index (χ1v) is 11.6. The number of thiophene rings is 1. The van der Waals surface area contributed by atoms with Crippen molar-refractivity contribution < 1.29 is 9.59 Å². The molecule has 2 amide bonds. The summed E-state index contributed by atoms with van der Waals surface area (Å²) in [6.07, 6.45) is 5.43. The lowest BCUT2D eigenvalue weighted by Crippen LogP contribution is -2.54. The molecule has 1 fully saturated rings. The Hall–Kier alpha value is -2.99. The van der Waals surface area contributed by atoms with Crippen molar-refractivity contribution in [1.82, 2.24) is 15.2 Å². The molecule has 0 unspecified atom stereocenters. The van der Waals surface area contributed by atoms with Crippen LogP contribution in [-0.4, -0.2) is 41.3 Å². The van der Waals surface area contributed by atoms with Gasteiger partial charge in [0.1, 0.15) is 0 Å². The number of nitrogens with one attached hydrogen (secondary N) is 1. The SMILES string of the molecule is CCNC(=O)[C@@]1(Cc2ccc(-c3cccs3)cc2)CCCN(C(=O)c2cccnc2)C1. The van der Waals surface area contributed by atoms with Crippen molar-refractivity contribution in [2.24, 2.45) is 5.41 Å². The molecule has 1 aliphatic rings. The number of carbonyl (C=O) groups excluding carboxylic acids is 2. The maximum Gasteiger partial charge on any atom is 0.255 e. The molecule has 31 heavy (non-hydrogen) atoms. The summed E-state index contributed by atoms with van der Waals surface area (Å²) < 4.78 is 0. The molecule has 5 nitrogen and oxygen atoms in total. The predicted molar refractivity (Wildman–Crippen MR) is 124 cm³/mol. The number of likely N-dealkylation sites (tertiary alicyclic amines) is 1. The Kier molecular flexibility index (Phi) is 6.47. The molecule has 6 heteroatoms. The second-order valence-corrected chi connectivity index (χ2v) is 9.01. The van der Waals surface area contributed by atoms with Crippen LogP contribution in [0.5, 0.6) is 0 Å². The molecule has 2 aromatic heterocycles. The van der Waals surface area contributed by atoms with E-state index in [-0.39, 0.29) is 11.8 Å². The number of aromatic nitrogens is 1. The minimum atomic E-state index is -0.628. The van der Waals surface area contributed by atoms with Crippen LogP contribution >= 0.6 is 11.3 Å². The lowest BCUT2D eigenvalue weighted by atomic mass is 9.74. The van der Waals surface area contributed by atoms with E-state index in [1.807, 2.05) is 17.9 Å². The molecule has 0 radical (unpaired) electrons. The first-order valence-electron chi connectivity index (χ1n) is 10.7. The molecule has 1 N–H and O–H groups in total. The standard InChI is InChI=1S/C25H27N3O2S/c1-2-27-24(30)25(16-19-8-10-20(11-9-19)22-7-4-15-31-22)12-5-14-28(18-25)23(29)21-6-3-13-26-17-21/h3-4,6-11,13,15,17H,2,5,12,14,16,18H2,1H3,(H,27,30)/t25-/m1/s1. The Balaban J connectivity index is 1.58. The van der Waals surface area contributed by atoms with Gasteiger partial charge in [0.25, 0.3) is 5.91 Å². The number of pyridine rings is 1. The molecule has 1 aliphatic heterocycles. The molecule has 0 bridgehead atoms. The van der Waals surface area contributed by atoms with Crippen LogP contribution in [0.25, 0.3) is 10.4 Å². The van der Waals surface area contributed by atoms with Gasteiger partial charge in [0.2, 0.25) is 5.91 Å². The number of carbonyl (C=O) groups is 2. The highest BCUT2D eigenvalue weighted by Crippen LogP contribution is 2.35. The third kappa shape index (κ3) is 4.69. The van der Waals surface area contributed by atoms with Gasteiger partial charge < -0.3 is 10.2 Å². The number of rotatable bonds is 6. The van der Waals surface area contributed by atoms with Crippen molar-refractivity contribution in [2.75, 3.05) is 19.6 Å². The van der Waals surface area contributed by atoms with E-state index in [1.54, 1.807) is 35.9 Å². The summed E-state index contributed by atoms with van der Waals surface area (Å²) in [5.41, 5.74) is 2.23. The lowest BCUT2D eigenvalue weighted by molar-refractivity contribution is -0.133. The average Bonchev–Trinajstić information content (AvgIpc) is 3.35. The first-order chi connectivity index (χ1) is 15.1. The van der Waals surface area contributed by atoms with Crippen molar-refractivity contribution in [3.8, 4) is 10.4 Å². The first kappa shape index (κ1) is 21.2.